The number of hydrogen-bond acceptors (Lipinski definition) is 4. The average Bonchev–Trinajstić information content (AvgIpc) is 2.39. The van der Waals surface area contributed by atoms with Crippen molar-refractivity contribution in [2.75, 3.05) is 23.8 Å². The second-order valence-corrected chi connectivity index (χ2v) is 5.59. The van der Waals surface area contributed by atoms with Gasteiger partial charge in [0.2, 0.25) is 0 Å². The molecule has 19 heavy (non-hydrogen) atoms. The van der Waals surface area contributed by atoms with E-state index < -0.39 is 0 Å². The molecule has 0 saturated carbocycles. The molecule has 0 spiro atoms. The molecule has 104 valence electrons. The highest BCUT2D eigenvalue weighted by molar-refractivity contribution is 5.74. The van der Waals surface area contributed by atoms with Crippen LogP contribution in [0.4, 0.5) is 11.4 Å². The third kappa shape index (κ3) is 2.20. The highest BCUT2D eigenvalue weighted by Gasteiger charge is 2.28. The van der Waals surface area contributed by atoms with Crippen LogP contribution in [0.25, 0.3) is 0 Å². The minimum absolute atomic E-state index is 0.522. The second kappa shape index (κ2) is 4.83. The molecule has 2 atom stereocenters. The highest BCUT2D eigenvalue weighted by atomic mass is 16.6. The Labute approximate surface area is 114 Å². The van der Waals surface area contributed by atoms with Gasteiger partial charge in [0.05, 0.1) is 11.4 Å². The SMILES string of the molecule is CC1CCCC(C)N1c1cc2c(cc1N)OCCO2. The summed E-state index contributed by atoms with van der Waals surface area (Å²) >= 11 is 0. The highest BCUT2D eigenvalue weighted by Crippen LogP contribution is 2.41. The van der Waals surface area contributed by atoms with Crippen molar-refractivity contribution >= 4 is 11.4 Å². The Hall–Kier alpha value is -1.58. The summed E-state index contributed by atoms with van der Waals surface area (Å²) in [5, 5.41) is 0. The molecular formula is C15H22N2O2. The van der Waals surface area contributed by atoms with Gasteiger partial charge in [-0.3, -0.25) is 0 Å². The summed E-state index contributed by atoms with van der Waals surface area (Å²) in [4.78, 5) is 2.43. The van der Waals surface area contributed by atoms with Gasteiger partial charge in [-0.15, -0.1) is 0 Å². The number of benzene rings is 1. The van der Waals surface area contributed by atoms with Crippen molar-refractivity contribution in [3.8, 4) is 11.5 Å². The zero-order valence-electron chi connectivity index (χ0n) is 11.7. The number of nitrogens with two attached hydrogens (primary N) is 1. The van der Waals surface area contributed by atoms with Crippen LogP contribution >= 0.6 is 0 Å². The maximum absolute atomic E-state index is 6.22. The third-order valence-electron chi connectivity index (χ3n) is 4.16. The van der Waals surface area contributed by atoms with Crippen LogP contribution in [0.2, 0.25) is 0 Å². The van der Waals surface area contributed by atoms with E-state index in [1.165, 1.54) is 19.3 Å². The van der Waals surface area contributed by atoms with Crippen LogP contribution in [0.1, 0.15) is 33.1 Å². The minimum Gasteiger partial charge on any atom is -0.486 e. The van der Waals surface area contributed by atoms with Crippen LogP contribution in [0, 0.1) is 0 Å². The van der Waals surface area contributed by atoms with Gasteiger partial charge >= 0.3 is 0 Å². The van der Waals surface area contributed by atoms with Gasteiger partial charge < -0.3 is 20.1 Å². The third-order valence-corrected chi connectivity index (χ3v) is 4.16. The van der Waals surface area contributed by atoms with Crippen molar-refractivity contribution in [2.24, 2.45) is 0 Å². The fourth-order valence-corrected chi connectivity index (χ4v) is 3.21. The van der Waals surface area contributed by atoms with Gasteiger partial charge in [-0.25, -0.2) is 0 Å². The van der Waals surface area contributed by atoms with Crippen LogP contribution in [-0.4, -0.2) is 25.3 Å². The predicted molar refractivity (Wildman–Crippen MR) is 77.1 cm³/mol. The quantitative estimate of drug-likeness (QED) is 0.791. The van der Waals surface area contributed by atoms with E-state index in [4.69, 9.17) is 15.2 Å². The molecule has 0 amide bonds. The molecule has 2 heterocycles. The van der Waals surface area contributed by atoms with Gasteiger partial charge in [-0.2, -0.15) is 0 Å². The number of anilines is 2. The second-order valence-electron chi connectivity index (χ2n) is 5.59. The molecule has 3 rings (SSSR count). The van der Waals surface area contributed by atoms with Gasteiger partial charge in [-0.05, 0) is 33.1 Å². The number of nitrogen functional groups attached to an aromatic ring is 1. The van der Waals surface area contributed by atoms with E-state index in [1.807, 2.05) is 12.1 Å². The normalized spacial score (nSPS) is 26.3. The largest absolute Gasteiger partial charge is 0.486 e. The Morgan fingerprint density at radius 1 is 1.05 bits per heavy atom. The van der Waals surface area contributed by atoms with E-state index >= 15 is 0 Å². The van der Waals surface area contributed by atoms with Gasteiger partial charge in [0.25, 0.3) is 0 Å². The van der Waals surface area contributed by atoms with Gasteiger partial charge in [0.15, 0.2) is 11.5 Å². The van der Waals surface area contributed by atoms with Gasteiger partial charge in [0, 0.05) is 24.2 Å². The van der Waals surface area contributed by atoms with E-state index in [2.05, 4.69) is 18.7 Å². The molecule has 0 aliphatic carbocycles. The fourth-order valence-electron chi connectivity index (χ4n) is 3.21. The first-order valence-corrected chi connectivity index (χ1v) is 7.14. The molecule has 4 nitrogen and oxygen atoms in total. The Morgan fingerprint density at radius 3 is 2.26 bits per heavy atom. The van der Waals surface area contributed by atoms with Crippen molar-refractivity contribution in [3.63, 3.8) is 0 Å². The molecule has 0 radical (unpaired) electrons. The lowest BCUT2D eigenvalue weighted by molar-refractivity contribution is 0.171. The lowest BCUT2D eigenvalue weighted by Gasteiger charge is -2.41. The number of piperidine rings is 1. The number of hydrogen-bond donors (Lipinski definition) is 1. The standard InChI is InChI=1S/C15H22N2O2/c1-10-4-3-5-11(2)17(10)13-9-15-14(8-12(13)16)18-6-7-19-15/h8-11H,3-7,16H2,1-2H3. The first-order chi connectivity index (χ1) is 9.16. The number of ether oxygens (including phenoxy) is 2. The maximum atomic E-state index is 6.22. The molecule has 2 aliphatic rings. The number of nitrogens with zero attached hydrogens (tertiary/aromatic N) is 1. The van der Waals surface area contributed by atoms with Gasteiger partial charge in [0.1, 0.15) is 13.2 Å². The smallest absolute Gasteiger partial charge is 0.163 e. The van der Waals surface area contributed by atoms with E-state index in [0.717, 1.165) is 22.9 Å². The average molecular weight is 262 g/mol. The summed E-state index contributed by atoms with van der Waals surface area (Å²) in [7, 11) is 0. The van der Waals surface area contributed by atoms with Crippen LogP contribution in [0.3, 0.4) is 0 Å². The zero-order valence-corrected chi connectivity index (χ0v) is 11.7. The molecule has 1 saturated heterocycles. The summed E-state index contributed by atoms with van der Waals surface area (Å²) in [5.41, 5.74) is 8.09. The summed E-state index contributed by atoms with van der Waals surface area (Å²) in [5.74, 6) is 1.59. The Balaban J connectivity index is 1.99. The molecule has 2 aliphatic heterocycles. The van der Waals surface area contributed by atoms with Crippen LogP contribution < -0.4 is 20.1 Å². The Bertz CT molecular complexity index is 465. The molecule has 1 aromatic rings. The number of fused-ring (bicyclic) bond motifs is 1. The van der Waals surface area contributed by atoms with Crippen molar-refractivity contribution in [3.05, 3.63) is 12.1 Å². The lowest BCUT2D eigenvalue weighted by atomic mass is 9.96. The molecule has 1 fully saturated rings. The lowest BCUT2D eigenvalue weighted by Crippen LogP contribution is -2.44. The maximum Gasteiger partial charge on any atom is 0.163 e. The van der Waals surface area contributed by atoms with Crippen molar-refractivity contribution in [1.29, 1.82) is 0 Å². The molecule has 0 aromatic heterocycles. The first kappa shape index (κ1) is 12.5. The summed E-state index contributed by atoms with van der Waals surface area (Å²) in [6, 6.07) is 4.99. The summed E-state index contributed by atoms with van der Waals surface area (Å²) < 4.78 is 11.2. The molecule has 1 aromatic carbocycles. The fraction of sp³-hybridized carbons (Fsp3) is 0.600. The van der Waals surface area contributed by atoms with Crippen molar-refractivity contribution in [1.82, 2.24) is 0 Å². The molecule has 2 unspecified atom stereocenters. The number of rotatable bonds is 1. The van der Waals surface area contributed by atoms with E-state index in [1.54, 1.807) is 0 Å². The van der Waals surface area contributed by atoms with E-state index in [0.29, 0.717) is 25.3 Å². The van der Waals surface area contributed by atoms with Crippen LogP contribution in [0.5, 0.6) is 11.5 Å². The summed E-state index contributed by atoms with van der Waals surface area (Å²) in [6.07, 6.45) is 3.74. The van der Waals surface area contributed by atoms with Crippen LogP contribution in [0.15, 0.2) is 12.1 Å². The molecule has 0 bridgehead atoms. The Morgan fingerprint density at radius 2 is 1.63 bits per heavy atom. The van der Waals surface area contributed by atoms with E-state index in [-0.39, 0.29) is 0 Å². The van der Waals surface area contributed by atoms with Crippen molar-refractivity contribution in [2.45, 2.75) is 45.2 Å². The minimum atomic E-state index is 0.522. The monoisotopic (exact) mass is 262 g/mol. The zero-order chi connectivity index (χ0) is 13.4. The predicted octanol–water partition coefficient (Wildman–Crippen LogP) is 2.81. The summed E-state index contributed by atoms with van der Waals surface area (Å²) in [6.45, 7) is 5.75. The Kier molecular flexibility index (Phi) is 3.17. The molecule has 2 N–H and O–H groups in total. The van der Waals surface area contributed by atoms with Gasteiger partial charge in [-0.1, -0.05) is 0 Å². The molecule has 4 heteroatoms. The van der Waals surface area contributed by atoms with Crippen LogP contribution in [-0.2, 0) is 0 Å². The van der Waals surface area contributed by atoms with Crippen molar-refractivity contribution < 1.29 is 9.47 Å². The topological polar surface area (TPSA) is 47.7 Å². The first-order valence-electron chi connectivity index (χ1n) is 7.14. The molecular weight excluding hydrogens is 240 g/mol. The van der Waals surface area contributed by atoms with E-state index in [9.17, 15) is 0 Å².